The third kappa shape index (κ3) is 4.14. The van der Waals surface area contributed by atoms with Crippen LogP contribution in [0.15, 0.2) is 12.5 Å². The number of imidazole rings is 1. The van der Waals surface area contributed by atoms with Gasteiger partial charge in [-0.15, -0.1) is 0 Å². The molecule has 0 fully saturated rings. The van der Waals surface area contributed by atoms with Gasteiger partial charge in [-0.25, -0.2) is 4.98 Å². The van der Waals surface area contributed by atoms with Crippen LogP contribution in [-0.4, -0.2) is 38.6 Å². The zero-order chi connectivity index (χ0) is 13.5. The SMILES string of the molecule is CCCn1cncc1CN(CC)CC(C)C(=O)O. The Kier molecular flexibility index (Phi) is 5.85. The molecule has 0 saturated heterocycles. The number of carbonyl (C=O) groups is 1. The minimum absolute atomic E-state index is 0.340. The molecule has 0 aliphatic carbocycles. The van der Waals surface area contributed by atoms with Gasteiger partial charge in [0.25, 0.3) is 0 Å². The van der Waals surface area contributed by atoms with E-state index < -0.39 is 5.97 Å². The van der Waals surface area contributed by atoms with E-state index in [9.17, 15) is 4.79 Å². The fourth-order valence-corrected chi connectivity index (χ4v) is 1.92. The largest absolute Gasteiger partial charge is 0.481 e. The molecular formula is C13H23N3O2. The summed E-state index contributed by atoms with van der Waals surface area (Å²) in [7, 11) is 0. The van der Waals surface area contributed by atoms with Crippen LogP contribution in [0.5, 0.6) is 0 Å². The van der Waals surface area contributed by atoms with Crippen LogP contribution < -0.4 is 0 Å². The summed E-state index contributed by atoms with van der Waals surface area (Å²) in [5.41, 5.74) is 1.15. The molecule has 5 nitrogen and oxygen atoms in total. The van der Waals surface area contributed by atoms with Crippen molar-refractivity contribution in [1.29, 1.82) is 0 Å². The molecule has 0 aromatic carbocycles. The van der Waals surface area contributed by atoms with Gasteiger partial charge >= 0.3 is 5.97 Å². The topological polar surface area (TPSA) is 58.4 Å². The fraction of sp³-hybridized carbons (Fsp3) is 0.692. The number of aliphatic carboxylic acids is 1. The van der Waals surface area contributed by atoms with Gasteiger partial charge in [0.15, 0.2) is 0 Å². The van der Waals surface area contributed by atoms with Crippen molar-refractivity contribution < 1.29 is 9.90 Å². The Labute approximate surface area is 108 Å². The maximum absolute atomic E-state index is 10.9. The minimum Gasteiger partial charge on any atom is -0.481 e. The van der Waals surface area contributed by atoms with Crippen molar-refractivity contribution in [3.05, 3.63) is 18.2 Å². The number of aryl methyl sites for hydroxylation is 1. The Bertz CT molecular complexity index is 376. The first-order valence-electron chi connectivity index (χ1n) is 6.52. The lowest BCUT2D eigenvalue weighted by Gasteiger charge is -2.22. The average Bonchev–Trinajstić information content (AvgIpc) is 2.76. The van der Waals surface area contributed by atoms with Crippen LogP contribution in [0.2, 0.25) is 0 Å². The Hall–Kier alpha value is -1.36. The Morgan fingerprint density at radius 2 is 2.28 bits per heavy atom. The second-order valence-electron chi connectivity index (χ2n) is 4.65. The molecular weight excluding hydrogens is 230 g/mol. The summed E-state index contributed by atoms with van der Waals surface area (Å²) in [5.74, 6) is -1.08. The van der Waals surface area contributed by atoms with Gasteiger partial charge in [0, 0.05) is 25.8 Å². The highest BCUT2D eigenvalue weighted by Crippen LogP contribution is 2.08. The van der Waals surface area contributed by atoms with Crippen molar-refractivity contribution in [1.82, 2.24) is 14.5 Å². The number of hydrogen-bond donors (Lipinski definition) is 1. The molecule has 1 N–H and O–H groups in total. The second-order valence-corrected chi connectivity index (χ2v) is 4.65. The molecule has 0 saturated carbocycles. The lowest BCUT2D eigenvalue weighted by atomic mass is 10.1. The van der Waals surface area contributed by atoms with Crippen LogP contribution >= 0.6 is 0 Å². The minimum atomic E-state index is -0.740. The van der Waals surface area contributed by atoms with Crippen LogP contribution in [0.25, 0.3) is 0 Å². The molecule has 0 aliphatic rings. The molecule has 0 aliphatic heterocycles. The maximum Gasteiger partial charge on any atom is 0.307 e. The Morgan fingerprint density at radius 3 is 2.83 bits per heavy atom. The smallest absolute Gasteiger partial charge is 0.307 e. The van der Waals surface area contributed by atoms with E-state index in [0.717, 1.165) is 31.7 Å². The number of rotatable bonds is 8. The summed E-state index contributed by atoms with van der Waals surface area (Å²) >= 11 is 0. The molecule has 1 aromatic heterocycles. The number of aromatic nitrogens is 2. The van der Waals surface area contributed by atoms with E-state index in [1.807, 2.05) is 12.5 Å². The van der Waals surface area contributed by atoms with Crippen LogP contribution in [0, 0.1) is 5.92 Å². The summed E-state index contributed by atoms with van der Waals surface area (Å²) in [6.45, 7) is 9.06. The summed E-state index contributed by atoms with van der Waals surface area (Å²) in [4.78, 5) is 17.2. The van der Waals surface area contributed by atoms with Crippen molar-refractivity contribution in [2.75, 3.05) is 13.1 Å². The van der Waals surface area contributed by atoms with Gasteiger partial charge in [0.05, 0.1) is 17.9 Å². The van der Waals surface area contributed by atoms with Gasteiger partial charge < -0.3 is 9.67 Å². The van der Waals surface area contributed by atoms with Gasteiger partial charge in [-0.3, -0.25) is 9.69 Å². The Morgan fingerprint density at radius 1 is 1.56 bits per heavy atom. The molecule has 0 radical (unpaired) electrons. The normalized spacial score (nSPS) is 12.9. The van der Waals surface area contributed by atoms with Crippen LogP contribution in [0.3, 0.4) is 0 Å². The van der Waals surface area contributed by atoms with E-state index in [-0.39, 0.29) is 5.92 Å². The van der Waals surface area contributed by atoms with E-state index in [2.05, 4.69) is 28.3 Å². The summed E-state index contributed by atoms with van der Waals surface area (Å²) in [6.07, 6.45) is 4.78. The van der Waals surface area contributed by atoms with Gasteiger partial charge in [0.1, 0.15) is 0 Å². The molecule has 1 heterocycles. The predicted molar refractivity (Wildman–Crippen MR) is 70.3 cm³/mol. The molecule has 5 heteroatoms. The molecule has 0 amide bonds. The monoisotopic (exact) mass is 253 g/mol. The highest BCUT2D eigenvalue weighted by atomic mass is 16.4. The average molecular weight is 253 g/mol. The molecule has 1 unspecified atom stereocenters. The highest BCUT2D eigenvalue weighted by Gasteiger charge is 2.16. The van der Waals surface area contributed by atoms with Crippen molar-refractivity contribution in [2.24, 2.45) is 5.92 Å². The molecule has 1 aromatic rings. The molecule has 18 heavy (non-hydrogen) atoms. The highest BCUT2D eigenvalue weighted by molar-refractivity contribution is 5.69. The van der Waals surface area contributed by atoms with Crippen molar-refractivity contribution in [2.45, 2.75) is 40.3 Å². The maximum atomic E-state index is 10.9. The Balaban J connectivity index is 2.61. The molecule has 0 bridgehead atoms. The number of nitrogens with zero attached hydrogens (tertiary/aromatic N) is 3. The zero-order valence-corrected chi connectivity index (χ0v) is 11.5. The lowest BCUT2D eigenvalue weighted by molar-refractivity contribution is -0.141. The molecule has 102 valence electrons. The zero-order valence-electron chi connectivity index (χ0n) is 11.5. The van der Waals surface area contributed by atoms with Crippen molar-refractivity contribution in [3.63, 3.8) is 0 Å². The second kappa shape index (κ2) is 7.16. The summed E-state index contributed by atoms with van der Waals surface area (Å²) in [5, 5.41) is 8.95. The lowest BCUT2D eigenvalue weighted by Crippen LogP contribution is -2.32. The van der Waals surface area contributed by atoms with E-state index >= 15 is 0 Å². The quantitative estimate of drug-likeness (QED) is 0.768. The third-order valence-electron chi connectivity index (χ3n) is 3.05. The van der Waals surface area contributed by atoms with Crippen LogP contribution in [0.4, 0.5) is 0 Å². The number of carboxylic acids is 1. The van der Waals surface area contributed by atoms with Gasteiger partial charge in [-0.05, 0) is 13.0 Å². The standard InChI is InChI=1S/C13H23N3O2/c1-4-6-16-10-14-7-12(16)9-15(5-2)8-11(3)13(17)18/h7,10-11H,4-6,8-9H2,1-3H3,(H,17,18). The van der Waals surface area contributed by atoms with Gasteiger partial charge in [0.2, 0.25) is 0 Å². The number of carboxylic acid groups (broad SMARTS) is 1. The fourth-order valence-electron chi connectivity index (χ4n) is 1.92. The molecule has 0 spiro atoms. The van der Waals surface area contributed by atoms with Gasteiger partial charge in [-0.1, -0.05) is 20.8 Å². The van der Waals surface area contributed by atoms with E-state index in [0.29, 0.717) is 6.54 Å². The predicted octanol–water partition coefficient (Wildman–Crippen LogP) is 1.84. The molecule has 1 atom stereocenters. The first kappa shape index (κ1) is 14.7. The third-order valence-corrected chi connectivity index (χ3v) is 3.05. The van der Waals surface area contributed by atoms with Gasteiger partial charge in [-0.2, -0.15) is 0 Å². The van der Waals surface area contributed by atoms with Crippen LogP contribution in [-0.2, 0) is 17.9 Å². The van der Waals surface area contributed by atoms with Crippen molar-refractivity contribution in [3.8, 4) is 0 Å². The van der Waals surface area contributed by atoms with Crippen molar-refractivity contribution >= 4 is 5.97 Å². The van der Waals surface area contributed by atoms with E-state index in [4.69, 9.17) is 5.11 Å². The first-order valence-corrected chi connectivity index (χ1v) is 6.52. The number of hydrogen-bond acceptors (Lipinski definition) is 3. The van der Waals surface area contributed by atoms with Crippen LogP contribution in [0.1, 0.15) is 32.9 Å². The first-order chi connectivity index (χ1) is 8.58. The van der Waals surface area contributed by atoms with E-state index in [1.165, 1.54) is 0 Å². The molecule has 1 rings (SSSR count). The van der Waals surface area contributed by atoms with E-state index in [1.54, 1.807) is 6.92 Å². The summed E-state index contributed by atoms with van der Waals surface area (Å²) < 4.78 is 2.13. The summed E-state index contributed by atoms with van der Waals surface area (Å²) in [6, 6.07) is 0.